The molecule has 1 aliphatic heterocycles. The predicted octanol–water partition coefficient (Wildman–Crippen LogP) is 0.971. The number of hydrogen-bond donors (Lipinski definition) is 1. The van der Waals surface area contributed by atoms with E-state index in [-0.39, 0.29) is 0 Å². The van der Waals surface area contributed by atoms with E-state index >= 15 is 0 Å². The Bertz CT molecular complexity index is 188. The summed E-state index contributed by atoms with van der Waals surface area (Å²) in [6.45, 7) is 6.20. The second-order valence-electron chi connectivity index (χ2n) is 5.27. The molecule has 17 heavy (non-hydrogen) atoms. The molecule has 0 amide bonds. The summed E-state index contributed by atoms with van der Waals surface area (Å²) in [5, 5.41) is 3.43. The van der Waals surface area contributed by atoms with Gasteiger partial charge in [-0.15, -0.1) is 0 Å². The van der Waals surface area contributed by atoms with Crippen LogP contribution in [0.5, 0.6) is 0 Å². The van der Waals surface area contributed by atoms with Crippen molar-refractivity contribution < 1.29 is 9.47 Å². The molecule has 0 unspecified atom stereocenters. The molecular formula is C13H28N2O2. The van der Waals surface area contributed by atoms with Gasteiger partial charge in [-0.25, -0.2) is 0 Å². The Morgan fingerprint density at radius 3 is 2.47 bits per heavy atom. The molecule has 0 aromatic rings. The summed E-state index contributed by atoms with van der Waals surface area (Å²) in [5.41, 5.74) is 0.349. The Hall–Kier alpha value is -0.160. The first kappa shape index (κ1) is 14.9. The molecule has 0 aromatic heterocycles. The first-order valence-corrected chi connectivity index (χ1v) is 6.59. The number of ether oxygens (including phenoxy) is 2. The number of piperidine rings is 1. The van der Waals surface area contributed by atoms with E-state index in [0.29, 0.717) is 5.41 Å². The molecule has 0 bridgehead atoms. The van der Waals surface area contributed by atoms with Gasteiger partial charge in [0, 0.05) is 39.3 Å². The molecule has 0 atom stereocenters. The van der Waals surface area contributed by atoms with Gasteiger partial charge in [0.1, 0.15) is 0 Å². The lowest BCUT2D eigenvalue weighted by atomic mass is 9.79. The second kappa shape index (κ2) is 8.03. The summed E-state index contributed by atoms with van der Waals surface area (Å²) >= 11 is 0. The van der Waals surface area contributed by atoms with Gasteiger partial charge in [-0.2, -0.15) is 0 Å². The van der Waals surface area contributed by atoms with Gasteiger partial charge in [-0.05, 0) is 39.4 Å². The second-order valence-corrected chi connectivity index (χ2v) is 5.27. The molecule has 0 aromatic carbocycles. The van der Waals surface area contributed by atoms with Crippen molar-refractivity contribution in [2.24, 2.45) is 5.41 Å². The van der Waals surface area contributed by atoms with E-state index in [1.54, 1.807) is 7.11 Å². The predicted molar refractivity (Wildman–Crippen MR) is 70.4 cm³/mol. The third kappa shape index (κ3) is 5.34. The Morgan fingerprint density at radius 2 is 1.88 bits per heavy atom. The molecule has 1 fully saturated rings. The number of rotatable bonds is 8. The standard InChI is InChI=1S/C13H28N2O2/c1-15(9-4-10-16-2)11-13(12-17-3)5-7-14-8-6-13/h14H,4-12H2,1-3H3. The summed E-state index contributed by atoms with van der Waals surface area (Å²) in [6.07, 6.45) is 3.54. The fourth-order valence-electron chi connectivity index (χ4n) is 2.74. The van der Waals surface area contributed by atoms with Crippen LogP contribution in [0.1, 0.15) is 19.3 Å². The molecule has 0 aliphatic carbocycles. The quantitative estimate of drug-likeness (QED) is 0.645. The van der Waals surface area contributed by atoms with Crippen molar-refractivity contribution in [2.45, 2.75) is 19.3 Å². The highest BCUT2D eigenvalue weighted by molar-refractivity contribution is 4.86. The van der Waals surface area contributed by atoms with Gasteiger partial charge in [-0.1, -0.05) is 0 Å². The van der Waals surface area contributed by atoms with Crippen molar-refractivity contribution in [3.05, 3.63) is 0 Å². The van der Waals surface area contributed by atoms with Crippen LogP contribution >= 0.6 is 0 Å². The van der Waals surface area contributed by atoms with Gasteiger partial charge < -0.3 is 19.7 Å². The minimum atomic E-state index is 0.349. The Morgan fingerprint density at radius 1 is 1.18 bits per heavy atom. The summed E-state index contributed by atoms with van der Waals surface area (Å²) in [7, 11) is 5.78. The number of nitrogens with zero attached hydrogens (tertiary/aromatic N) is 1. The largest absolute Gasteiger partial charge is 0.385 e. The van der Waals surface area contributed by atoms with E-state index in [0.717, 1.165) is 45.8 Å². The van der Waals surface area contributed by atoms with Gasteiger partial charge in [0.15, 0.2) is 0 Å². The molecule has 1 rings (SSSR count). The summed E-state index contributed by atoms with van der Waals surface area (Å²) < 4.78 is 10.5. The van der Waals surface area contributed by atoms with Gasteiger partial charge in [0.2, 0.25) is 0 Å². The van der Waals surface area contributed by atoms with Crippen LogP contribution < -0.4 is 5.32 Å². The van der Waals surface area contributed by atoms with Gasteiger partial charge in [0.25, 0.3) is 0 Å². The first-order chi connectivity index (χ1) is 8.22. The number of methoxy groups -OCH3 is 2. The molecule has 1 aliphatic rings. The lowest BCUT2D eigenvalue weighted by molar-refractivity contribution is 0.0269. The van der Waals surface area contributed by atoms with Gasteiger partial charge in [-0.3, -0.25) is 0 Å². The minimum absolute atomic E-state index is 0.349. The zero-order chi connectivity index (χ0) is 12.6. The summed E-state index contributed by atoms with van der Waals surface area (Å²) in [6, 6.07) is 0. The van der Waals surface area contributed by atoms with Crippen LogP contribution in [-0.2, 0) is 9.47 Å². The van der Waals surface area contributed by atoms with E-state index in [2.05, 4.69) is 17.3 Å². The van der Waals surface area contributed by atoms with Gasteiger partial charge in [0.05, 0.1) is 6.61 Å². The molecule has 0 radical (unpaired) electrons. The highest BCUT2D eigenvalue weighted by Gasteiger charge is 2.32. The maximum atomic E-state index is 5.43. The van der Waals surface area contributed by atoms with Crippen molar-refractivity contribution in [1.29, 1.82) is 0 Å². The third-order valence-corrected chi connectivity index (χ3v) is 3.61. The first-order valence-electron chi connectivity index (χ1n) is 6.59. The normalized spacial score (nSPS) is 19.8. The molecule has 1 N–H and O–H groups in total. The van der Waals surface area contributed by atoms with Crippen LogP contribution in [0, 0.1) is 5.41 Å². The van der Waals surface area contributed by atoms with Crippen molar-refractivity contribution in [3.63, 3.8) is 0 Å². The number of hydrogen-bond acceptors (Lipinski definition) is 4. The van der Waals surface area contributed by atoms with Crippen LogP contribution in [0.3, 0.4) is 0 Å². The van der Waals surface area contributed by atoms with E-state index in [1.807, 2.05) is 7.11 Å². The van der Waals surface area contributed by atoms with E-state index in [4.69, 9.17) is 9.47 Å². The Kier molecular flexibility index (Phi) is 7.04. The zero-order valence-corrected chi connectivity index (χ0v) is 11.6. The van der Waals surface area contributed by atoms with Crippen molar-refractivity contribution >= 4 is 0 Å². The molecule has 0 saturated carbocycles. The van der Waals surface area contributed by atoms with Crippen molar-refractivity contribution in [1.82, 2.24) is 10.2 Å². The molecule has 4 nitrogen and oxygen atoms in total. The van der Waals surface area contributed by atoms with E-state index < -0.39 is 0 Å². The molecule has 0 spiro atoms. The lowest BCUT2D eigenvalue weighted by Crippen LogP contribution is -2.46. The summed E-state index contributed by atoms with van der Waals surface area (Å²) in [4.78, 5) is 2.42. The molecule has 102 valence electrons. The molecular weight excluding hydrogens is 216 g/mol. The van der Waals surface area contributed by atoms with Crippen molar-refractivity contribution in [3.8, 4) is 0 Å². The average molecular weight is 244 g/mol. The number of nitrogens with one attached hydrogen (secondary N) is 1. The molecule has 4 heteroatoms. The highest BCUT2D eigenvalue weighted by Crippen LogP contribution is 2.29. The third-order valence-electron chi connectivity index (χ3n) is 3.61. The molecule has 1 saturated heterocycles. The minimum Gasteiger partial charge on any atom is -0.385 e. The van der Waals surface area contributed by atoms with Gasteiger partial charge >= 0.3 is 0 Å². The van der Waals surface area contributed by atoms with E-state index in [1.165, 1.54) is 12.8 Å². The fraction of sp³-hybridized carbons (Fsp3) is 1.00. The van der Waals surface area contributed by atoms with Crippen molar-refractivity contribution in [2.75, 3.05) is 60.7 Å². The van der Waals surface area contributed by atoms with Crippen LogP contribution in [0.4, 0.5) is 0 Å². The maximum Gasteiger partial charge on any atom is 0.0531 e. The van der Waals surface area contributed by atoms with Crippen LogP contribution in [0.2, 0.25) is 0 Å². The van der Waals surface area contributed by atoms with Crippen LogP contribution in [-0.4, -0.2) is 65.6 Å². The Labute approximate surface area is 106 Å². The lowest BCUT2D eigenvalue weighted by Gasteiger charge is -2.40. The zero-order valence-electron chi connectivity index (χ0n) is 11.6. The molecule has 1 heterocycles. The Balaban J connectivity index is 2.36. The highest BCUT2D eigenvalue weighted by atomic mass is 16.5. The average Bonchev–Trinajstić information content (AvgIpc) is 2.30. The van der Waals surface area contributed by atoms with E-state index in [9.17, 15) is 0 Å². The smallest absolute Gasteiger partial charge is 0.0531 e. The monoisotopic (exact) mass is 244 g/mol. The fourth-order valence-corrected chi connectivity index (χ4v) is 2.74. The SMILES string of the molecule is COCCCN(C)CC1(COC)CCNCC1. The summed E-state index contributed by atoms with van der Waals surface area (Å²) in [5.74, 6) is 0. The maximum absolute atomic E-state index is 5.43. The van der Waals surface area contributed by atoms with Crippen LogP contribution in [0.25, 0.3) is 0 Å². The van der Waals surface area contributed by atoms with Crippen LogP contribution in [0.15, 0.2) is 0 Å². The topological polar surface area (TPSA) is 33.7 Å².